The Bertz CT molecular complexity index is 1460. The fourth-order valence-corrected chi connectivity index (χ4v) is 5.29. The molecule has 2 heterocycles. The van der Waals surface area contributed by atoms with Crippen LogP contribution in [0.1, 0.15) is 38.1 Å². The topological polar surface area (TPSA) is 106 Å². The molecule has 190 valence electrons. The normalized spacial score (nSPS) is 16.6. The molecule has 1 aliphatic rings. The van der Waals surface area contributed by atoms with E-state index in [0.717, 1.165) is 11.3 Å². The number of nitrogens with zero attached hydrogens (tertiary/aromatic N) is 2. The molecular weight excluding hydrogens is 516 g/mol. The Kier molecular flexibility index (Phi) is 7.47. The number of anilines is 1. The molecule has 1 saturated heterocycles. The first kappa shape index (κ1) is 26.1. The van der Waals surface area contributed by atoms with Gasteiger partial charge >= 0.3 is 11.9 Å². The predicted octanol–water partition coefficient (Wildman–Crippen LogP) is 5.39. The van der Waals surface area contributed by atoms with Crippen LogP contribution in [-0.4, -0.2) is 41.5 Å². The second kappa shape index (κ2) is 10.6. The number of ketones is 1. The Balaban J connectivity index is 1.91. The lowest BCUT2D eigenvalue weighted by Crippen LogP contribution is -2.29. The second-order valence-corrected chi connectivity index (χ2v) is 9.62. The summed E-state index contributed by atoms with van der Waals surface area (Å²) in [5.74, 6) is -2.16. The number of ether oxygens (including phenoxy) is 2. The molecule has 1 N–H and O–H groups in total. The number of esters is 1. The van der Waals surface area contributed by atoms with Crippen LogP contribution in [0.4, 0.5) is 5.13 Å². The number of amides is 1. The van der Waals surface area contributed by atoms with Gasteiger partial charge in [0.1, 0.15) is 23.0 Å². The largest absolute Gasteiger partial charge is 0.507 e. The molecule has 10 heteroatoms. The number of carbonyl (C=O) groups is 3. The molecule has 0 unspecified atom stereocenters. The lowest BCUT2D eigenvalue weighted by atomic mass is 9.94. The van der Waals surface area contributed by atoms with Crippen molar-refractivity contribution in [3.8, 4) is 5.75 Å². The molecule has 4 rings (SSSR count). The maximum Gasteiger partial charge on any atom is 0.350 e. The van der Waals surface area contributed by atoms with Crippen molar-refractivity contribution in [2.45, 2.75) is 19.9 Å². The van der Waals surface area contributed by atoms with E-state index in [4.69, 9.17) is 21.1 Å². The van der Waals surface area contributed by atoms with Crippen molar-refractivity contribution in [3.63, 3.8) is 0 Å². The number of methoxy groups -OCH3 is 1. The van der Waals surface area contributed by atoms with Crippen LogP contribution >= 0.6 is 22.9 Å². The van der Waals surface area contributed by atoms with Gasteiger partial charge in [0.15, 0.2) is 5.13 Å². The third-order valence-electron chi connectivity index (χ3n) is 5.79. The Morgan fingerprint density at radius 2 is 2.00 bits per heavy atom. The van der Waals surface area contributed by atoms with E-state index in [2.05, 4.69) is 11.6 Å². The van der Waals surface area contributed by atoms with Gasteiger partial charge < -0.3 is 14.6 Å². The number of Topliss-reactive ketones (excluding diaryl/α,β-unsaturated/α-hetero) is 1. The van der Waals surface area contributed by atoms with Gasteiger partial charge in [0.05, 0.1) is 24.4 Å². The predicted molar refractivity (Wildman–Crippen MR) is 141 cm³/mol. The Hall–Kier alpha value is -3.95. The molecule has 1 atom stereocenters. The Morgan fingerprint density at radius 1 is 1.24 bits per heavy atom. The molecule has 1 aromatic heterocycles. The third kappa shape index (κ3) is 4.87. The Morgan fingerprint density at radius 3 is 2.65 bits per heavy atom. The lowest BCUT2D eigenvalue weighted by molar-refractivity contribution is -0.132. The maximum atomic E-state index is 13.4. The van der Waals surface area contributed by atoms with Gasteiger partial charge in [-0.05, 0) is 55.3 Å². The number of thiazole rings is 1. The van der Waals surface area contributed by atoms with Gasteiger partial charge in [-0.2, -0.15) is 0 Å². The molecule has 1 amide bonds. The highest BCUT2D eigenvalue weighted by Gasteiger charge is 2.48. The standard InChI is InChI=1S/C27H23ClN2O6S/c1-5-11-36-18-9-10-19(14(2)12-18)22(31)20-21(16-7-6-8-17(28)13-16)30(25(33)23(20)32)27-29-15(3)24(37-27)26(34)35-4/h5-10,12-13,21,31H,1,11H2,2-4H3/t21-/m0/s1. The lowest BCUT2D eigenvalue weighted by Gasteiger charge is -2.23. The van der Waals surface area contributed by atoms with Crippen molar-refractivity contribution in [1.82, 2.24) is 4.98 Å². The zero-order valence-electron chi connectivity index (χ0n) is 20.3. The number of rotatable bonds is 7. The number of aliphatic hydroxyl groups is 1. The minimum absolute atomic E-state index is 0.119. The number of halogens is 1. The highest BCUT2D eigenvalue weighted by Crippen LogP contribution is 2.44. The van der Waals surface area contributed by atoms with E-state index in [1.165, 1.54) is 12.0 Å². The minimum Gasteiger partial charge on any atom is -0.507 e. The van der Waals surface area contributed by atoms with Gasteiger partial charge in [-0.1, -0.05) is 47.7 Å². The van der Waals surface area contributed by atoms with E-state index < -0.39 is 23.7 Å². The van der Waals surface area contributed by atoms with Gasteiger partial charge in [0.25, 0.3) is 5.78 Å². The maximum absolute atomic E-state index is 13.4. The van der Waals surface area contributed by atoms with Crippen molar-refractivity contribution in [2.75, 3.05) is 18.6 Å². The summed E-state index contributed by atoms with van der Waals surface area (Å²) in [6, 6.07) is 10.6. The summed E-state index contributed by atoms with van der Waals surface area (Å²) < 4.78 is 10.4. The van der Waals surface area contributed by atoms with Gasteiger partial charge in [-0.15, -0.1) is 0 Å². The number of carbonyl (C=O) groups excluding carboxylic acids is 3. The van der Waals surface area contributed by atoms with E-state index in [0.29, 0.717) is 39.8 Å². The van der Waals surface area contributed by atoms with Crippen LogP contribution in [0.15, 0.2) is 60.7 Å². The van der Waals surface area contributed by atoms with Crippen LogP contribution in [0, 0.1) is 13.8 Å². The van der Waals surface area contributed by atoms with Crippen molar-refractivity contribution < 1.29 is 29.0 Å². The highest BCUT2D eigenvalue weighted by atomic mass is 35.5. The monoisotopic (exact) mass is 538 g/mol. The molecule has 0 aliphatic carbocycles. The molecule has 37 heavy (non-hydrogen) atoms. The smallest absolute Gasteiger partial charge is 0.350 e. The second-order valence-electron chi connectivity index (χ2n) is 8.20. The number of aryl methyl sites for hydroxylation is 2. The first-order valence-corrected chi connectivity index (χ1v) is 12.3. The average Bonchev–Trinajstić information content (AvgIpc) is 3.38. The van der Waals surface area contributed by atoms with Gasteiger partial charge in [0.2, 0.25) is 0 Å². The number of hydrogen-bond acceptors (Lipinski definition) is 8. The van der Waals surface area contributed by atoms with E-state index in [1.54, 1.807) is 62.4 Å². The molecule has 0 spiro atoms. The molecule has 2 aromatic carbocycles. The quantitative estimate of drug-likeness (QED) is 0.141. The minimum atomic E-state index is -1.04. The molecule has 3 aromatic rings. The van der Waals surface area contributed by atoms with Crippen LogP contribution < -0.4 is 9.64 Å². The van der Waals surface area contributed by atoms with Crippen LogP contribution in [-0.2, 0) is 14.3 Å². The summed E-state index contributed by atoms with van der Waals surface area (Å²) in [4.78, 5) is 44.7. The molecule has 1 fully saturated rings. The summed E-state index contributed by atoms with van der Waals surface area (Å²) in [6.45, 7) is 7.30. The van der Waals surface area contributed by atoms with Crippen molar-refractivity contribution in [3.05, 3.63) is 93.0 Å². The molecule has 0 radical (unpaired) electrons. The molecule has 8 nitrogen and oxygen atoms in total. The summed E-state index contributed by atoms with van der Waals surface area (Å²) >= 11 is 7.17. The van der Waals surface area contributed by atoms with Crippen molar-refractivity contribution >= 4 is 51.5 Å². The van der Waals surface area contributed by atoms with E-state index >= 15 is 0 Å². The third-order valence-corrected chi connectivity index (χ3v) is 7.16. The van der Waals surface area contributed by atoms with Crippen LogP contribution in [0.5, 0.6) is 5.75 Å². The fraction of sp³-hybridized carbons (Fsp3) is 0.185. The summed E-state index contributed by atoms with van der Waals surface area (Å²) in [5, 5.41) is 11.9. The van der Waals surface area contributed by atoms with E-state index in [9.17, 15) is 19.5 Å². The number of aromatic nitrogens is 1. The SMILES string of the molecule is C=CCOc1ccc(C(O)=C2C(=O)C(=O)N(c3nc(C)c(C(=O)OC)s3)[C@H]2c2cccc(Cl)c2)c(C)c1. The van der Waals surface area contributed by atoms with E-state index in [1.807, 2.05) is 0 Å². The first-order valence-electron chi connectivity index (χ1n) is 11.1. The first-order chi connectivity index (χ1) is 17.7. The van der Waals surface area contributed by atoms with Gasteiger partial charge in [-0.25, -0.2) is 9.78 Å². The number of aliphatic hydroxyl groups excluding tert-OH is 1. The molecule has 0 saturated carbocycles. The zero-order chi connectivity index (χ0) is 26.9. The summed E-state index contributed by atoms with van der Waals surface area (Å²) in [5.41, 5.74) is 1.71. The van der Waals surface area contributed by atoms with Gasteiger partial charge in [-0.3, -0.25) is 14.5 Å². The summed E-state index contributed by atoms with van der Waals surface area (Å²) in [6.07, 6.45) is 1.61. The van der Waals surface area contributed by atoms with Crippen LogP contribution in [0.2, 0.25) is 5.02 Å². The van der Waals surface area contributed by atoms with Crippen LogP contribution in [0.25, 0.3) is 5.76 Å². The summed E-state index contributed by atoms with van der Waals surface area (Å²) in [7, 11) is 1.25. The Labute approximate surface area is 222 Å². The van der Waals surface area contributed by atoms with Gasteiger partial charge in [0, 0.05) is 10.6 Å². The number of hydrogen-bond donors (Lipinski definition) is 1. The highest BCUT2D eigenvalue weighted by molar-refractivity contribution is 7.17. The average molecular weight is 539 g/mol. The van der Waals surface area contributed by atoms with Crippen molar-refractivity contribution in [1.29, 1.82) is 0 Å². The molecule has 0 bridgehead atoms. The number of benzene rings is 2. The fourth-order valence-electron chi connectivity index (χ4n) is 4.08. The zero-order valence-corrected chi connectivity index (χ0v) is 21.9. The molecular formula is C27H23ClN2O6S. The molecule has 1 aliphatic heterocycles. The van der Waals surface area contributed by atoms with E-state index in [-0.39, 0.29) is 21.3 Å². The van der Waals surface area contributed by atoms with Crippen LogP contribution in [0.3, 0.4) is 0 Å². The van der Waals surface area contributed by atoms with Crippen molar-refractivity contribution in [2.24, 2.45) is 0 Å².